The van der Waals surface area contributed by atoms with Crippen molar-refractivity contribution in [2.45, 2.75) is 32.1 Å². The molecule has 1 aromatic heterocycles. The van der Waals surface area contributed by atoms with Crippen molar-refractivity contribution in [3.63, 3.8) is 0 Å². The van der Waals surface area contributed by atoms with E-state index in [1.807, 2.05) is 29.3 Å². The molecule has 0 unspecified atom stereocenters. The van der Waals surface area contributed by atoms with E-state index in [0.29, 0.717) is 37.3 Å². The number of carbonyl (C=O) groups excluding carboxylic acids is 2. The van der Waals surface area contributed by atoms with Gasteiger partial charge < -0.3 is 15.0 Å². The van der Waals surface area contributed by atoms with Crippen molar-refractivity contribution in [1.82, 2.24) is 20.4 Å². The molecule has 0 radical (unpaired) electrons. The molecule has 2 aliphatic rings. The highest BCUT2D eigenvalue weighted by Crippen LogP contribution is 2.28. The van der Waals surface area contributed by atoms with Crippen LogP contribution in [-0.4, -0.2) is 59.6 Å². The number of aromatic amines is 1. The molecule has 7 heteroatoms. The van der Waals surface area contributed by atoms with Gasteiger partial charge in [0.25, 0.3) is 0 Å². The molecule has 7 nitrogen and oxygen atoms in total. The Hall–Kier alpha value is -3.45. The van der Waals surface area contributed by atoms with E-state index < -0.39 is 0 Å². The van der Waals surface area contributed by atoms with E-state index in [1.165, 1.54) is 11.1 Å². The summed E-state index contributed by atoms with van der Waals surface area (Å²) in [5, 5.41) is 10.3. The van der Waals surface area contributed by atoms with Crippen LogP contribution in [0.1, 0.15) is 39.9 Å². The highest BCUT2D eigenvalue weighted by Gasteiger charge is 2.21. The van der Waals surface area contributed by atoms with Crippen LogP contribution in [0.3, 0.4) is 0 Å². The number of carbonyl (C=O) groups is 2. The third-order valence-corrected chi connectivity index (χ3v) is 6.68. The summed E-state index contributed by atoms with van der Waals surface area (Å²) in [4.78, 5) is 27.1. The minimum Gasteiger partial charge on any atom is -0.491 e. The van der Waals surface area contributed by atoms with Gasteiger partial charge in [0.05, 0.1) is 18.3 Å². The zero-order valence-electron chi connectivity index (χ0n) is 19.3. The third kappa shape index (κ3) is 5.04. The number of rotatable bonds is 8. The molecule has 2 aliphatic heterocycles. The molecule has 3 heterocycles. The van der Waals surface area contributed by atoms with Gasteiger partial charge in [-0.3, -0.25) is 14.7 Å². The number of likely N-dealkylation sites (tertiary alicyclic amines) is 1. The van der Waals surface area contributed by atoms with Gasteiger partial charge >= 0.3 is 0 Å². The lowest BCUT2D eigenvalue weighted by Crippen LogP contribution is -2.29. The van der Waals surface area contributed by atoms with E-state index in [-0.39, 0.29) is 11.7 Å². The second-order valence-electron chi connectivity index (χ2n) is 8.98. The van der Waals surface area contributed by atoms with Gasteiger partial charge in [-0.25, -0.2) is 0 Å². The summed E-state index contributed by atoms with van der Waals surface area (Å²) in [5.74, 6) is 0.748. The number of H-pyrrole nitrogens is 1. The largest absolute Gasteiger partial charge is 0.491 e. The quantitative estimate of drug-likeness (QED) is 0.506. The molecule has 0 atom stereocenters. The second-order valence-corrected chi connectivity index (χ2v) is 8.98. The van der Waals surface area contributed by atoms with Crippen molar-refractivity contribution >= 4 is 11.7 Å². The van der Waals surface area contributed by atoms with Gasteiger partial charge in [-0.2, -0.15) is 5.10 Å². The molecule has 34 heavy (non-hydrogen) atoms. The summed E-state index contributed by atoms with van der Waals surface area (Å²) >= 11 is 0. The number of ether oxygens (including phenoxy) is 1. The molecule has 1 saturated heterocycles. The second kappa shape index (κ2) is 10.2. The first-order valence-electron chi connectivity index (χ1n) is 12.1. The van der Waals surface area contributed by atoms with Crippen LogP contribution in [-0.2, 0) is 24.1 Å². The van der Waals surface area contributed by atoms with E-state index in [2.05, 4.69) is 33.7 Å². The van der Waals surface area contributed by atoms with Crippen molar-refractivity contribution in [3.05, 3.63) is 71.0 Å². The maximum absolute atomic E-state index is 13.4. The molecule has 1 fully saturated rings. The number of ketones is 1. The van der Waals surface area contributed by atoms with Gasteiger partial charge in [0.1, 0.15) is 12.4 Å². The van der Waals surface area contributed by atoms with Crippen molar-refractivity contribution in [2.24, 2.45) is 0 Å². The average molecular weight is 459 g/mol. The topological polar surface area (TPSA) is 87.3 Å². The zero-order valence-corrected chi connectivity index (χ0v) is 19.3. The maximum atomic E-state index is 13.4. The Labute approximate surface area is 199 Å². The fourth-order valence-electron chi connectivity index (χ4n) is 4.78. The smallest absolute Gasteiger partial charge is 0.222 e. The standard InChI is InChI=1S/C27H30N4O3/c32-25(15-19-3-4-20-7-9-28-10-8-22(20)14-19)24-6-5-21(23-17-29-30-18-23)16-26(24)34-13-12-31-11-1-2-27(31)33/h3-6,14,16-18,28H,1-2,7-13,15H2,(H,29,30). The molecule has 0 spiro atoms. The predicted octanol–water partition coefficient (Wildman–Crippen LogP) is 3.19. The summed E-state index contributed by atoms with van der Waals surface area (Å²) in [6.07, 6.45) is 7.40. The van der Waals surface area contributed by atoms with Gasteiger partial charge in [0.15, 0.2) is 5.78 Å². The number of aromatic nitrogens is 2. The number of nitrogens with zero attached hydrogens (tertiary/aromatic N) is 2. The Morgan fingerprint density at radius 3 is 2.71 bits per heavy atom. The Bertz CT molecular complexity index is 1170. The maximum Gasteiger partial charge on any atom is 0.222 e. The highest BCUT2D eigenvalue weighted by molar-refractivity contribution is 6.00. The van der Waals surface area contributed by atoms with Crippen LogP contribution >= 0.6 is 0 Å². The molecule has 0 aliphatic carbocycles. The number of hydrogen-bond acceptors (Lipinski definition) is 5. The minimum atomic E-state index is 0.0256. The van der Waals surface area contributed by atoms with Gasteiger partial charge in [0, 0.05) is 31.1 Å². The zero-order chi connectivity index (χ0) is 23.3. The molecule has 1 amide bonds. The summed E-state index contributed by atoms with van der Waals surface area (Å²) in [6, 6.07) is 12.1. The Morgan fingerprint density at radius 1 is 1.03 bits per heavy atom. The lowest BCUT2D eigenvalue weighted by molar-refractivity contribution is -0.128. The molecule has 5 rings (SSSR count). The van der Waals surface area contributed by atoms with Crippen LogP contribution in [0.4, 0.5) is 0 Å². The Kier molecular flexibility index (Phi) is 6.72. The fraction of sp³-hybridized carbons (Fsp3) is 0.370. The SMILES string of the molecule is O=C(Cc1ccc2c(c1)CCNCC2)c1ccc(-c2cn[nH]c2)cc1OCCN1CCCC1=O. The van der Waals surface area contributed by atoms with Crippen molar-refractivity contribution in [3.8, 4) is 16.9 Å². The summed E-state index contributed by atoms with van der Waals surface area (Å²) < 4.78 is 6.10. The van der Waals surface area contributed by atoms with Crippen LogP contribution in [0.5, 0.6) is 5.75 Å². The van der Waals surface area contributed by atoms with E-state index in [1.54, 1.807) is 6.20 Å². The van der Waals surface area contributed by atoms with Crippen molar-refractivity contribution in [1.29, 1.82) is 0 Å². The minimum absolute atomic E-state index is 0.0256. The normalized spacial score (nSPS) is 15.8. The van der Waals surface area contributed by atoms with Gasteiger partial charge in [-0.05, 0) is 66.7 Å². The number of Topliss-reactive ketones (excluding diaryl/α,β-unsaturated/α-hetero) is 1. The van der Waals surface area contributed by atoms with Crippen LogP contribution < -0.4 is 10.1 Å². The number of amides is 1. The van der Waals surface area contributed by atoms with E-state index >= 15 is 0 Å². The van der Waals surface area contributed by atoms with Crippen LogP contribution in [0.25, 0.3) is 11.1 Å². The van der Waals surface area contributed by atoms with Gasteiger partial charge in [-0.15, -0.1) is 0 Å². The lowest BCUT2D eigenvalue weighted by Gasteiger charge is -2.17. The molecule has 3 aromatic rings. The third-order valence-electron chi connectivity index (χ3n) is 6.68. The summed E-state index contributed by atoms with van der Waals surface area (Å²) in [5.41, 5.74) is 6.14. The molecule has 176 valence electrons. The monoisotopic (exact) mass is 458 g/mol. The van der Waals surface area contributed by atoms with Crippen molar-refractivity contribution < 1.29 is 14.3 Å². The van der Waals surface area contributed by atoms with Gasteiger partial charge in [0.2, 0.25) is 5.91 Å². The van der Waals surface area contributed by atoms with Crippen LogP contribution in [0, 0.1) is 0 Å². The van der Waals surface area contributed by atoms with Crippen LogP contribution in [0.15, 0.2) is 48.8 Å². The van der Waals surface area contributed by atoms with E-state index in [0.717, 1.165) is 55.6 Å². The summed E-state index contributed by atoms with van der Waals surface area (Å²) in [7, 11) is 0. The number of fused-ring (bicyclic) bond motifs is 1. The highest BCUT2D eigenvalue weighted by atomic mass is 16.5. The average Bonchev–Trinajstić information content (AvgIpc) is 3.46. The van der Waals surface area contributed by atoms with Crippen LogP contribution in [0.2, 0.25) is 0 Å². The lowest BCUT2D eigenvalue weighted by atomic mass is 9.95. The molecule has 2 aromatic carbocycles. The Morgan fingerprint density at radius 2 is 1.91 bits per heavy atom. The fourth-order valence-corrected chi connectivity index (χ4v) is 4.78. The summed E-state index contributed by atoms with van der Waals surface area (Å²) in [6.45, 7) is 3.63. The van der Waals surface area contributed by atoms with Crippen molar-refractivity contribution in [2.75, 3.05) is 32.8 Å². The first-order valence-corrected chi connectivity index (χ1v) is 12.1. The number of hydrogen-bond donors (Lipinski definition) is 2. The molecule has 0 saturated carbocycles. The first-order chi connectivity index (χ1) is 16.7. The first kappa shape index (κ1) is 22.3. The van der Waals surface area contributed by atoms with E-state index in [9.17, 15) is 9.59 Å². The van der Waals surface area contributed by atoms with Gasteiger partial charge in [-0.1, -0.05) is 24.3 Å². The number of nitrogens with one attached hydrogen (secondary N) is 2. The predicted molar refractivity (Wildman–Crippen MR) is 130 cm³/mol. The molecular weight excluding hydrogens is 428 g/mol. The molecule has 2 N–H and O–H groups in total. The molecule has 0 bridgehead atoms. The van der Waals surface area contributed by atoms with E-state index in [4.69, 9.17) is 4.74 Å². The number of benzene rings is 2. The Balaban J connectivity index is 1.35. The molecular formula is C27H30N4O3.